The lowest BCUT2D eigenvalue weighted by Crippen LogP contribution is -2.15. The van der Waals surface area contributed by atoms with Gasteiger partial charge in [-0.1, -0.05) is 4.49 Å². The molecule has 2 N–H and O–H groups in total. The first-order chi connectivity index (χ1) is 5.99. The van der Waals surface area contributed by atoms with E-state index >= 15 is 0 Å². The maximum atomic E-state index is 10.8. The maximum Gasteiger partial charge on any atom is 0.147 e. The van der Waals surface area contributed by atoms with Crippen molar-refractivity contribution in [1.82, 2.24) is 9.59 Å². The van der Waals surface area contributed by atoms with E-state index in [-0.39, 0.29) is 11.8 Å². The van der Waals surface area contributed by atoms with E-state index in [0.29, 0.717) is 12.1 Å². The van der Waals surface area contributed by atoms with Gasteiger partial charge in [0.1, 0.15) is 9.84 Å². The zero-order chi connectivity index (χ0) is 9.90. The minimum absolute atomic E-state index is 0.0890. The van der Waals surface area contributed by atoms with Crippen molar-refractivity contribution in [1.29, 1.82) is 0 Å². The molecule has 0 aliphatic heterocycles. The summed E-state index contributed by atoms with van der Waals surface area (Å²) in [5.74, 6) is 0.0890. The Balaban J connectivity index is 2.48. The fraction of sp³-hybridized carbons (Fsp3) is 0.667. The van der Waals surface area contributed by atoms with Crippen LogP contribution in [0.4, 0.5) is 0 Å². The van der Waals surface area contributed by atoms with Crippen molar-refractivity contribution >= 4 is 21.4 Å². The van der Waals surface area contributed by atoms with Gasteiger partial charge in [-0.2, -0.15) is 0 Å². The first kappa shape index (κ1) is 10.6. The number of hydrogen-bond donors (Lipinski definition) is 1. The molecule has 0 amide bonds. The number of aromatic nitrogens is 2. The molecule has 1 aromatic heterocycles. The van der Waals surface area contributed by atoms with Gasteiger partial charge < -0.3 is 5.73 Å². The summed E-state index contributed by atoms with van der Waals surface area (Å²) in [5.41, 5.74) is 6.35. The summed E-state index contributed by atoms with van der Waals surface area (Å²) < 4.78 is 25.3. The molecule has 1 aromatic rings. The third-order valence-electron chi connectivity index (χ3n) is 1.56. The lowest BCUT2D eigenvalue weighted by molar-refractivity contribution is 0.589. The van der Waals surface area contributed by atoms with E-state index in [2.05, 4.69) is 9.59 Å². The van der Waals surface area contributed by atoms with Gasteiger partial charge in [0.15, 0.2) is 0 Å². The van der Waals surface area contributed by atoms with Crippen LogP contribution in [0.2, 0.25) is 0 Å². The lowest BCUT2D eigenvalue weighted by atomic mass is 10.2. The lowest BCUT2D eigenvalue weighted by Gasteiger charge is -2.05. The molecular formula is C6H11N3O2S2. The Kier molecular flexibility index (Phi) is 3.34. The molecule has 0 fully saturated rings. The van der Waals surface area contributed by atoms with Crippen LogP contribution in [0.15, 0.2) is 5.38 Å². The summed E-state index contributed by atoms with van der Waals surface area (Å²) in [7, 11) is -2.94. The van der Waals surface area contributed by atoms with Gasteiger partial charge in [0, 0.05) is 11.6 Å². The summed E-state index contributed by atoms with van der Waals surface area (Å²) >= 11 is 1.21. The fourth-order valence-electron chi connectivity index (χ4n) is 0.822. The zero-order valence-electron chi connectivity index (χ0n) is 7.17. The van der Waals surface area contributed by atoms with Gasteiger partial charge in [0.25, 0.3) is 0 Å². The Morgan fingerprint density at radius 1 is 1.69 bits per heavy atom. The van der Waals surface area contributed by atoms with E-state index in [1.54, 1.807) is 5.38 Å². The molecule has 1 unspecified atom stereocenters. The molecule has 0 radical (unpaired) electrons. The van der Waals surface area contributed by atoms with Crippen molar-refractivity contribution in [3.63, 3.8) is 0 Å². The first-order valence-corrected chi connectivity index (χ1v) is 6.59. The Morgan fingerprint density at radius 2 is 2.38 bits per heavy atom. The number of nitrogens with zero attached hydrogens (tertiary/aromatic N) is 2. The molecule has 0 bridgehead atoms. The predicted octanol–water partition coefficient (Wildman–Crippen LogP) is -0.0274. The highest BCUT2D eigenvalue weighted by Crippen LogP contribution is 2.12. The highest BCUT2D eigenvalue weighted by atomic mass is 32.2. The van der Waals surface area contributed by atoms with Gasteiger partial charge in [-0.15, -0.1) is 5.10 Å². The Morgan fingerprint density at radius 3 is 2.85 bits per heavy atom. The van der Waals surface area contributed by atoms with E-state index in [0.717, 1.165) is 0 Å². The van der Waals surface area contributed by atoms with Crippen LogP contribution in [0.25, 0.3) is 0 Å². The van der Waals surface area contributed by atoms with Crippen LogP contribution in [0.3, 0.4) is 0 Å². The second-order valence-electron chi connectivity index (χ2n) is 2.85. The van der Waals surface area contributed by atoms with Crippen molar-refractivity contribution < 1.29 is 8.42 Å². The number of rotatable bonds is 4. The second-order valence-corrected chi connectivity index (χ2v) is 5.72. The molecule has 0 aliphatic carbocycles. The van der Waals surface area contributed by atoms with Gasteiger partial charge >= 0.3 is 0 Å². The van der Waals surface area contributed by atoms with Gasteiger partial charge in [0.05, 0.1) is 17.5 Å². The first-order valence-electron chi connectivity index (χ1n) is 3.69. The highest BCUT2D eigenvalue weighted by Gasteiger charge is 2.11. The summed E-state index contributed by atoms with van der Waals surface area (Å²) in [6, 6.07) is -0.325. The topological polar surface area (TPSA) is 85.9 Å². The molecular weight excluding hydrogens is 210 g/mol. The highest BCUT2D eigenvalue weighted by molar-refractivity contribution is 7.90. The van der Waals surface area contributed by atoms with E-state index < -0.39 is 9.84 Å². The Labute approximate surface area is 81.0 Å². The molecule has 7 heteroatoms. The molecule has 13 heavy (non-hydrogen) atoms. The predicted molar refractivity (Wildman–Crippen MR) is 51.2 cm³/mol. The van der Waals surface area contributed by atoms with Gasteiger partial charge in [-0.3, -0.25) is 0 Å². The second kappa shape index (κ2) is 4.12. The molecule has 74 valence electrons. The van der Waals surface area contributed by atoms with Crippen LogP contribution >= 0.6 is 11.5 Å². The van der Waals surface area contributed by atoms with Crippen LogP contribution in [-0.4, -0.2) is 30.0 Å². The third-order valence-corrected chi connectivity index (χ3v) is 3.06. The van der Waals surface area contributed by atoms with Crippen LogP contribution in [0.1, 0.15) is 18.2 Å². The summed E-state index contributed by atoms with van der Waals surface area (Å²) in [4.78, 5) is 0. The van der Waals surface area contributed by atoms with Crippen LogP contribution in [0, 0.1) is 0 Å². The van der Waals surface area contributed by atoms with Gasteiger partial charge in [-0.05, 0) is 18.0 Å². The van der Waals surface area contributed by atoms with Crippen LogP contribution in [0.5, 0.6) is 0 Å². The van der Waals surface area contributed by atoms with Crippen molar-refractivity contribution in [2.75, 3.05) is 12.0 Å². The molecule has 0 saturated heterocycles. The molecule has 0 spiro atoms. The molecule has 1 rings (SSSR count). The van der Waals surface area contributed by atoms with Crippen LogP contribution in [-0.2, 0) is 9.84 Å². The Hall–Kier alpha value is -0.530. The zero-order valence-corrected chi connectivity index (χ0v) is 8.81. The average Bonchev–Trinajstić information content (AvgIpc) is 2.50. The number of nitrogens with two attached hydrogens (primary N) is 1. The van der Waals surface area contributed by atoms with E-state index in [9.17, 15) is 8.42 Å². The quantitative estimate of drug-likeness (QED) is 0.771. The summed E-state index contributed by atoms with van der Waals surface area (Å²) in [6.45, 7) is 0. The van der Waals surface area contributed by atoms with Crippen LogP contribution < -0.4 is 5.73 Å². The third kappa shape index (κ3) is 3.79. The smallest absolute Gasteiger partial charge is 0.147 e. The van der Waals surface area contributed by atoms with E-state index in [1.807, 2.05) is 0 Å². The maximum absolute atomic E-state index is 10.8. The van der Waals surface area contributed by atoms with Crippen molar-refractivity contribution in [3.05, 3.63) is 11.1 Å². The standard InChI is InChI=1S/C6H11N3O2S2/c1-13(10,11)3-2-5(7)6-4-12-9-8-6/h4-5H,2-3,7H2,1H3. The minimum Gasteiger partial charge on any atom is -0.323 e. The summed E-state index contributed by atoms with van der Waals surface area (Å²) in [6.07, 6.45) is 1.59. The molecule has 0 saturated carbocycles. The number of sulfone groups is 1. The number of hydrogen-bond acceptors (Lipinski definition) is 6. The summed E-state index contributed by atoms with van der Waals surface area (Å²) in [5, 5.41) is 5.49. The Bertz CT molecular complexity index is 346. The molecule has 0 aromatic carbocycles. The monoisotopic (exact) mass is 221 g/mol. The molecule has 1 heterocycles. The normalized spacial score (nSPS) is 14.3. The van der Waals surface area contributed by atoms with Crippen molar-refractivity contribution in [2.24, 2.45) is 5.73 Å². The van der Waals surface area contributed by atoms with Gasteiger partial charge in [0.2, 0.25) is 0 Å². The molecule has 1 atom stereocenters. The van der Waals surface area contributed by atoms with Gasteiger partial charge in [-0.25, -0.2) is 8.42 Å². The molecule has 0 aliphatic rings. The van der Waals surface area contributed by atoms with E-state index in [1.165, 1.54) is 17.8 Å². The fourth-order valence-corrected chi connectivity index (χ4v) is 2.02. The van der Waals surface area contributed by atoms with Crippen molar-refractivity contribution in [3.8, 4) is 0 Å². The molecule has 5 nitrogen and oxygen atoms in total. The SMILES string of the molecule is CS(=O)(=O)CCC(N)c1csnn1. The van der Waals surface area contributed by atoms with Crippen molar-refractivity contribution in [2.45, 2.75) is 12.5 Å². The average molecular weight is 221 g/mol. The van der Waals surface area contributed by atoms with E-state index in [4.69, 9.17) is 5.73 Å². The largest absolute Gasteiger partial charge is 0.323 e. The minimum atomic E-state index is -2.94.